The van der Waals surface area contributed by atoms with Crippen LogP contribution >= 0.6 is 0 Å². The maximum Gasteiger partial charge on any atom is 0.221 e. The molecule has 1 saturated heterocycles. The second-order valence-corrected chi connectivity index (χ2v) is 6.98. The van der Waals surface area contributed by atoms with E-state index in [-0.39, 0.29) is 17.9 Å². The van der Waals surface area contributed by atoms with Crippen molar-refractivity contribution in [1.82, 2.24) is 10.2 Å². The number of hydrogen-bond donors (Lipinski definition) is 2. The highest BCUT2D eigenvalue weighted by Gasteiger charge is 2.25. The van der Waals surface area contributed by atoms with Crippen LogP contribution in [0.1, 0.15) is 25.7 Å². The van der Waals surface area contributed by atoms with Crippen molar-refractivity contribution in [3.05, 3.63) is 30.3 Å². The Morgan fingerprint density at radius 3 is 2.54 bits per heavy atom. The minimum Gasteiger partial charge on any atom is -0.393 e. The molecular formula is C19H29N3O2. The summed E-state index contributed by atoms with van der Waals surface area (Å²) in [5.41, 5.74) is 1.28. The Morgan fingerprint density at radius 2 is 1.88 bits per heavy atom. The Morgan fingerprint density at radius 1 is 1.12 bits per heavy atom. The number of carbonyl (C=O) groups is 1. The number of anilines is 1. The van der Waals surface area contributed by atoms with Gasteiger partial charge in [0.25, 0.3) is 0 Å². The standard InChI is InChI=1S/C19H29N3O2/c23-18-8-4-5-16(18)15-20-19(24)9-10-21-11-13-22(14-12-21)17-6-2-1-3-7-17/h1-3,6-7,16,18,23H,4-5,8-15H2,(H,20,24). The van der Waals surface area contributed by atoms with E-state index in [0.717, 1.165) is 52.0 Å². The predicted octanol–water partition coefficient (Wildman–Crippen LogP) is 1.48. The highest BCUT2D eigenvalue weighted by molar-refractivity contribution is 5.76. The van der Waals surface area contributed by atoms with Crippen LogP contribution < -0.4 is 10.2 Å². The van der Waals surface area contributed by atoms with Crippen molar-refractivity contribution in [1.29, 1.82) is 0 Å². The third kappa shape index (κ3) is 4.71. The van der Waals surface area contributed by atoms with E-state index >= 15 is 0 Å². The molecule has 1 saturated carbocycles. The fraction of sp³-hybridized carbons (Fsp3) is 0.632. The minimum atomic E-state index is -0.226. The number of piperazine rings is 1. The molecule has 1 aromatic rings. The molecule has 1 aliphatic heterocycles. The smallest absolute Gasteiger partial charge is 0.221 e. The summed E-state index contributed by atoms with van der Waals surface area (Å²) in [6, 6.07) is 10.5. The lowest BCUT2D eigenvalue weighted by molar-refractivity contribution is -0.121. The Bertz CT molecular complexity index is 515. The molecule has 0 spiro atoms. The van der Waals surface area contributed by atoms with Crippen LogP contribution in [0, 0.1) is 5.92 Å². The zero-order chi connectivity index (χ0) is 16.8. The van der Waals surface area contributed by atoms with Gasteiger partial charge in [-0.1, -0.05) is 24.6 Å². The maximum atomic E-state index is 12.0. The Kier molecular flexibility index (Phi) is 6.10. The average molecular weight is 331 g/mol. The van der Waals surface area contributed by atoms with E-state index in [9.17, 15) is 9.90 Å². The fourth-order valence-electron chi connectivity index (χ4n) is 3.72. The Hall–Kier alpha value is -1.59. The number of aliphatic hydroxyl groups is 1. The van der Waals surface area contributed by atoms with E-state index in [1.165, 1.54) is 5.69 Å². The number of rotatable bonds is 6. The van der Waals surface area contributed by atoms with Crippen molar-refractivity contribution in [2.45, 2.75) is 31.8 Å². The van der Waals surface area contributed by atoms with Crippen molar-refractivity contribution < 1.29 is 9.90 Å². The second kappa shape index (κ2) is 8.49. The Balaban J connectivity index is 1.32. The molecule has 2 atom stereocenters. The Labute approximate surface area is 144 Å². The van der Waals surface area contributed by atoms with Crippen LogP contribution in [0.25, 0.3) is 0 Å². The van der Waals surface area contributed by atoms with Gasteiger partial charge in [-0.2, -0.15) is 0 Å². The molecular weight excluding hydrogens is 302 g/mol. The average Bonchev–Trinajstić information content (AvgIpc) is 3.04. The van der Waals surface area contributed by atoms with Gasteiger partial charge < -0.3 is 15.3 Å². The van der Waals surface area contributed by atoms with Gasteiger partial charge in [0.05, 0.1) is 6.10 Å². The molecule has 2 N–H and O–H groups in total. The van der Waals surface area contributed by atoms with Gasteiger partial charge in [0.2, 0.25) is 5.91 Å². The summed E-state index contributed by atoms with van der Waals surface area (Å²) in [7, 11) is 0. The van der Waals surface area contributed by atoms with Gasteiger partial charge in [0, 0.05) is 57.3 Å². The highest BCUT2D eigenvalue weighted by Crippen LogP contribution is 2.24. The van der Waals surface area contributed by atoms with Gasteiger partial charge in [0.1, 0.15) is 0 Å². The number of nitrogens with zero attached hydrogens (tertiary/aromatic N) is 2. The van der Waals surface area contributed by atoms with E-state index in [2.05, 4.69) is 39.4 Å². The molecule has 2 fully saturated rings. The summed E-state index contributed by atoms with van der Waals surface area (Å²) in [4.78, 5) is 16.8. The van der Waals surface area contributed by atoms with Crippen molar-refractivity contribution in [3.8, 4) is 0 Å². The highest BCUT2D eigenvalue weighted by atomic mass is 16.3. The van der Waals surface area contributed by atoms with Crippen molar-refractivity contribution >= 4 is 11.6 Å². The monoisotopic (exact) mass is 331 g/mol. The van der Waals surface area contributed by atoms with Crippen LogP contribution in [-0.2, 0) is 4.79 Å². The summed E-state index contributed by atoms with van der Waals surface area (Å²) >= 11 is 0. The van der Waals surface area contributed by atoms with Crippen LogP contribution in [0.4, 0.5) is 5.69 Å². The molecule has 3 rings (SSSR count). The molecule has 1 amide bonds. The number of amides is 1. The van der Waals surface area contributed by atoms with Crippen LogP contribution in [0.5, 0.6) is 0 Å². The van der Waals surface area contributed by atoms with Gasteiger partial charge >= 0.3 is 0 Å². The molecule has 0 radical (unpaired) electrons. The number of para-hydroxylation sites is 1. The zero-order valence-corrected chi connectivity index (χ0v) is 14.4. The van der Waals surface area contributed by atoms with Crippen LogP contribution in [-0.4, -0.2) is 61.3 Å². The first-order valence-corrected chi connectivity index (χ1v) is 9.19. The van der Waals surface area contributed by atoms with E-state index in [1.807, 2.05) is 6.07 Å². The SMILES string of the molecule is O=C(CCN1CCN(c2ccccc2)CC1)NCC1CCCC1O. The zero-order valence-electron chi connectivity index (χ0n) is 14.4. The molecule has 2 aliphatic rings. The van der Waals surface area contributed by atoms with Gasteiger partial charge in [-0.3, -0.25) is 9.69 Å². The van der Waals surface area contributed by atoms with Crippen LogP contribution in [0.2, 0.25) is 0 Å². The molecule has 24 heavy (non-hydrogen) atoms. The third-order valence-electron chi connectivity index (χ3n) is 5.33. The van der Waals surface area contributed by atoms with Crippen molar-refractivity contribution in [2.75, 3.05) is 44.2 Å². The largest absolute Gasteiger partial charge is 0.393 e. The lowest BCUT2D eigenvalue weighted by Crippen LogP contribution is -2.47. The normalized spacial score (nSPS) is 25.0. The first-order chi connectivity index (χ1) is 11.7. The number of carbonyl (C=O) groups excluding carboxylic acids is 1. The predicted molar refractivity (Wildman–Crippen MR) is 96.1 cm³/mol. The van der Waals surface area contributed by atoms with E-state index < -0.39 is 0 Å². The van der Waals surface area contributed by atoms with Gasteiger partial charge in [-0.15, -0.1) is 0 Å². The van der Waals surface area contributed by atoms with Crippen molar-refractivity contribution in [2.24, 2.45) is 5.92 Å². The molecule has 1 aromatic carbocycles. The lowest BCUT2D eigenvalue weighted by Gasteiger charge is -2.36. The molecule has 5 nitrogen and oxygen atoms in total. The fourth-order valence-corrected chi connectivity index (χ4v) is 3.72. The molecule has 0 bridgehead atoms. The van der Waals surface area contributed by atoms with Gasteiger partial charge in [-0.05, 0) is 25.0 Å². The molecule has 132 valence electrons. The van der Waals surface area contributed by atoms with Gasteiger partial charge in [-0.25, -0.2) is 0 Å². The summed E-state index contributed by atoms with van der Waals surface area (Å²) in [6.07, 6.45) is 3.31. The molecule has 2 unspecified atom stereocenters. The van der Waals surface area contributed by atoms with E-state index in [0.29, 0.717) is 13.0 Å². The van der Waals surface area contributed by atoms with Crippen LogP contribution in [0.15, 0.2) is 30.3 Å². The number of benzene rings is 1. The van der Waals surface area contributed by atoms with Crippen molar-refractivity contribution in [3.63, 3.8) is 0 Å². The second-order valence-electron chi connectivity index (χ2n) is 6.98. The van der Waals surface area contributed by atoms with E-state index in [4.69, 9.17) is 0 Å². The number of aliphatic hydroxyl groups excluding tert-OH is 1. The first kappa shape index (κ1) is 17.2. The summed E-state index contributed by atoms with van der Waals surface area (Å²) in [5, 5.41) is 12.8. The first-order valence-electron chi connectivity index (χ1n) is 9.19. The topological polar surface area (TPSA) is 55.8 Å². The lowest BCUT2D eigenvalue weighted by atomic mass is 10.1. The minimum absolute atomic E-state index is 0.111. The van der Waals surface area contributed by atoms with E-state index in [1.54, 1.807) is 0 Å². The maximum absolute atomic E-state index is 12.0. The number of hydrogen-bond acceptors (Lipinski definition) is 4. The van der Waals surface area contributed by atoms with Crippen LogP contribution in [0.3, 0.4) is 0 Å². The molecule has 0 aromatic heterocycles. The molecule has 1 heterocycles. The summed E-state index contributed by atoms with van der Waals surface area (Å²) in [5.74, 6) is 0.364. The molecule has 5 heteroatoms. The molecule has 1 aliphatic carbocycles. The van der Waals surface area contributed by atoms with Gasteiger partial charge in [0.15, 0.2) is 0 Å². The quantitative estimate of drug-likeness (QED) is 0.829. The summed E-state index contributed by atoms with van der Waals surface area (Å²) < 4.78 is 0. The number of nitrogens with one attached hydrogen (secondary N) is 1. The summed E-state index contributed by atoms with van der Waals surface area (Å²) in [6.45, 7) is 5.48. The third-order valence-corrected chi connectivity index (χ3v) is 5.33.